The number of para-hydroxylation sites is 1. The fourth-order valence-corrected chi connectivity index (χ4v) is 2.51. The predicted octanol–water partition coefficient (Wildman–Crippen LogP) is 3.26. The number of hydrogen-bond donors (Lipinski definition) is 1. The molecule has 0 aliphatic rings. The smallest absolute Gasteiger partial charge is 0.132 e. The number of methoxy groups -OCH3 is 1. The third kappa shape index (κ3) is 3.03. The molecule has 0 aliphatic heterocycles. The number of nitrogens with zero attached hydrogens (tertiary/aromatic N) is 1. The summed E-state index contributed by atoms with van der Waals surface area (Å²) in [7, 11) is 1.67. The second kappa shape index (κ2) is 5.89. The lowest BCUT2D eigenvalue weighted by molar-refractivity contribution is 0.405. The Balaban J connectivity index is 2.25. The van der Waals surface area contributed by atoms with Crippen molar-refractivity contribution in [1.82, 2.24) is 4.98 Å². The van der Waals surface area contributed by atoms with Crippen LogP contribution < -0.4 is 10.5 Å². The van der Waals surface area contributed by atoms with E-state index >= 15 is 0 Å². The fourth-order valence-electron chi connectivity index (χ4n) is 1.58. The third-order valence-corrected chi connectivity index (χ3v) is 3.56. The highest BCUT2D eigenvalue weighted by molar-refractivity contribution is 7.99. The Bertz CT molecular complexity index is 529. The van der Waals surface area contributed by atoms with Crippen molar-refractivity contribution >= 4 is 11.8 Å². The molecule has 18 heavy (non-hydrogen) atoms. The molecule has 0 aliphatic carbocycles. The van der Waals surface area contributed by atoms with Crippen LogP contribution >= 0.6 is 11.8 Å². The zero-order valence-electron chi connectivity index (χ0n) is 10.5. The Morgan fingerprint density at radius 3 is 2.78 bits per heavy atom. The molecule has 0 saturated carbocycles. The molecule has 0 bridgehead atoms. The zero-order valence-corrected chi connectivity index (χ0v) is 11.3. The molecule has 94 valence electrons. The van der Waals surface area contributed by atoms with Gasteiger partial charge in [-0.2, -0.15) is 0 Å². The third-order valence-electron chi connectivity index (χ3n) is 2.57. The number of hydrogen-bond acceptors (Lipinski definition) is 4. The molecule has 2 aromatic rings. The molecule has 0 spiro atoms. The van der Waals surface area contributed by atoms with E-state index in [2.05, 4.69) is 4.98 Å². The minimum absolute atomic E-state index is 0.0185. The van der Waals surface area contributed by atoms with E-state index < -0.39 is 0 Å². The van der Waals surface area contributed by atoms with Crippen LogP contribution in [0.1, 0.15) is 18.5 Å². The van der Waals surface area contributed by atoms with Gasteiger partial charge in [-0.05, 0) is 36.8 Å². The highest BCUT2D eigenvalue weighted by Gasteiger charge is 2.07. The first kappa shape index (κ1) is 12.9. The standard InChI is InChI=1S/C14H16N2OS/c1-10(15)11-7-8-16-14(9-11)18-13-6-4-3-5-12(13)17-2/h3-10H,15H2,1-2H3/t10-/m1/s1. The van der Waals surface area contributed by atoms with Crippen molar-refractivity contribution in [3.8, 4) is 5.75 Å². The van der Waals surface area contributed by atoms with E-state index in [9.17, 15) is 0 Å². The molecule has 1 aromatic carbocycles. The Labute approximate surface area is 111 Å². The van der Waals surface area contributed by atoms with Crippen LogP contribution in [0.2, 0.25) is 0 Å². The molecule has 2 N–H and O–H groups in total. The second-order valence-electron chi connectivity index (χ2n) is 3.97. The molecule has 0 radical (unpaired) electrons. The topological polar surface area (TPSA) is 48.1 Å². The van der Waals surface area contributed by atoms with E-state index in [1.165, 1.54) is 0 Å². The molecule has 1 heterocycles. The van der Waals surface area contributed by atoms with E-state index in [1.807, 2.05) is 43.3 Å². The Hall–Kier alpha value is -1.52. The van der Waals surface area contributed by atoms with Gasteiger partial charge in [-0.3, -0.25) is 0 Å². The zero-order chi connectivity index (χ0) is 13.0. The van der Waals surface area contributed by atoms with Crippen molar-refractivity contribution in [2.75, 3.05) is 7.11 Å². The summed E-state index contributed by atoms with van der Waals surface area (Å²) < 4.78 is 5.32. The quantitative estimate of drug-likeness (QED) is 0.916. The maximum Gasteiger partial charge on any atom is 0.132 e. The molecule has 0 amide bonds. The summed E-state index contributed by atoms with van der Waals surface area (Å²) in [6, 6.07) is 11.9. The summed E-state index contributed by atoms with van der Waals surface area (Å²) in [5.74, 6) is 0.857. The van der Waals surface area contributed by atoms with Crippen LogP contribution in [0.5, 0.6) is 5.75 Å². The van der Waals surface area contributed by atoms with Crippen LogP contribution in [-0.2, 0) is 0 Å². The van der Waals surface area contributed by atoms with Gasteiger partial charge < -0.3 is 10.5 Å². The predicted molar refractivity (Wildman–Crippen MR) is 74.0 cm³/mol. The van der Waals surface area contributed by atoms with Crippen LogP contribution in [0.25, 0.3) is 0 Å². The van der Waals surface area contributed by atoms with E-state index in [0.717, 1.165) is 21.2 Å². The van der Waals surface area contributed by atoms with Crippen LogP contribution in [0.3, 0.4) is 0 Å². The summed E-state index contributed by atoms with van der Waals surface area (Å²) in [4.78, 5) is 5.39. The van der Waals surface area contributed by atoms with Gasteiger partial charge in [0.05, 0.1) is 12.0 Å². The average Bonchev–Trinajstić information content (AvgIpc) is 2.39. The van der Waals surface area contributed by atoms with Crippen LogP contribution in [0.15, 0.2) is 52.5 Å². The summed E-state index contributed by atoms with van der Waals surface area (Å²) in [6.07, 6.45) is 1.79. The minimum Gasteiger partial charge on any atom is -0.496 e. The summed E-state index contributed by atoms with van der Waals surface area (Å²) in [6.45, 7) is 1.97. The maximum atomic E-state index is 5.87. The number of pyridine rings is 1. The minimum atomic E-state index is 0.0185. The van der Waals surface area contributed by atoms with Crippen LogP contribution in [0, 0.1) is 0 Å². The molecular weight excluding hydrogens is 244 g/mol. The summed E-state index contributed by atoms with van der Waals surface area (Å²) in [5, 5.41) is 0.925. The first-order valence-electron chi connectivity index (χ1n) is 5.73. The molecule has 2 rings (SSSR count). The molecule has 0 unspecified atom stereocenters. The van der Waals surface area contributed by atoms with Gasteiger partial charge >= 0.3 is 0 Å². The van der Waals surface area contributed by atoms with Gasteiger partial charge in [0.1, 0.15) is 10.8 Å². The number of rotatable bonds is 4. The van der Waals surface area contributed by atoms with Gasteiger partial charge in [-0.15, -0.1) is 0 Å². The Morgan fingerprint density at radius 1 is 1.28 bits per heavy atom. The Kier molecular flexibility index (Phi) is 4.23. The lowest BCUT2D eigenvalue weighted by atomic mass is 10.1. The van der Waals surface area contributed by atoms with Gasteiger partial charge in [0.25, 0.3) is 0 Å². The lowest BCUT2D eigenvalue weighted by Gasteiger charge is -2.09. The van der Waals surface area contributed by atoms with Crippen LogP contribution in [0.4, 0.5) is 0 Å². The van der Waals surface area contributed by atoms with Crippen molar-refractivity contribution < 1.29 is 4.74 Å². The van der Waals surface area contributed by atoms with E-state index in [1.54, 1.807) is 25.1 Å². The molecule has 1 aromatic heterocycles. The second-order valence-corrected chi connectivity index (χ2v) is 5.03. The van der Waals surface area contributed by atoms with Crippen molar-refractivity contribution in [3.05, 3.63) is 48.2 Å². The van der Waals surface area contributed by atoms with Gasteiger partial charge in [-0.1, -0.05) is 23.9 Å². The fraction of sp³-hybridized carbons (Fsp3) is 0.214. The van der Waals surface area contributed by atoms with E-state index in [-0.39, 0.29) is 6.04 Å². The summed E-state index contributed by atoms with van der Waals surface area (Å²) >= 11 is 1.58. The highest BCUT2D eigenvalue weighted by atomic mass is 32.2. The number of aromatic nitrogens is 1. The van der Waals surface area contributed by atoms with E-state index in [4.69, 9.17) is 10.5 Å². The molecule has 3 nitrogen and oxygen atoms in total. The van der Waals surface area contributed by atoms with Gasteiger partial charge in [0.2, 0.25) is 0 Å². The normalized spacial score (nSPS) is 12.2. The molecule has 0 fully saturated rings. The SMILES string of the molecule is COc1ccccc1Sc1cc([C@@H](C)N)ccn1. The molecule has 1 atom stereocenters. The van der Waals surface area contributed by atoms with Crippen molar-refractivity contribution in [3.63, 3.8) is 0 Å². The average molecular weight is 260 g/mol. The van der Waals surface area contributed by atoms with Crippen molar-refractivity contribution in [1.29, 1.82) is 0 Å². The monoisotopic (exact) mass is 260 g/mol. The van der Waals surface area contributed by atoms with Gasteiger partial charge in [0.15, 0.2) is 0 Å². The molecular formula is C14H16N2OS. The lowest BCUT2D eigenvalue weighted by Crippen LogP contribution is -2.04. The van der Waals surface area contributed by atoms with Gasteiger partial charge in [0, 0.05) is 12.2 Å². The van der Waals surface area contributed by atoms with Gasteiger partial charge in [-0.25, -0.2) is 4.98 Å². The Morgan fingerprint density at radius 2 is 2.06 bits per heavy atom. The number of nitrogens with two attached hydrogens (primary N) is 1. The first-order valence-corrected chi connectivity index (χ1v) is 6.54. The molecule has 4 heteroatoms. The maximum absolute atomic E-state index is 5.87. The van der Waals surface area contributed by atoms with Crippen molar-refractivity contribution in [2.24, 2.45) is 5.73 Å². The van der Waals surface area contributed by atoms with Crippen LogP contribution in [-0.4, -0.2) is 12.1 Å². The highest BCUT2D eigenvalue weighted by Crippen LogP contribution is 2.34. The summed E-state index contributed by atoms with van der Waals surface area (Å²) in [5.41, 5.74) is 6.96. The van der Waals surface area contributed by atoms with E-state index in [0.29, 0.717) is 0 Å². The first-order chi connectivity index (χ1) is 8.70. The molecule has 0 saturated heterocycles. The van der Waals surface area contributed by atoms with Crippen molar-refractivity contribution in [2.45, 2.75) is 22.9 Å². The largest absolute Gasteiger partial charge is 0.496 e. The number of ether oxygens (including phenoxy) is 1. The number of benzene rings is 1.